The normalized spacial score (nSPS) is 17.9. The van der Waals surface area contributed by atoms with Crippen LogP contribution in [0.2, 0.25) is 0 Å². The molecule has 0 unspecified atom stereocenters. The van der Waals surface area contributed by atoms with E-state index in [0.29, 0.717) is 11.7 Å². The smallest absolute Gasteiger partial charge is 0.225 e. The maximum Gasteiger partial charge on any atom is 0.225 e. The van der Waals surface area contributed by atoms with Gasteiger partial charge in [-0.2, -0.15) is 5.10 Å². The minimum atomic E-state index is 0.119. The van der Waals surface area contributed by atoms with Crippen LogP contribution in [0.25, 0.3) is 5.82 Å². The number of carbonyl (C=O) groups excluding carboxylic acids is 1. The van der Waals surface area contributed by atoms with Crippen LogP contribution in [-0.4, -0.2) is 81.5 Å². The zero-order valence-corrected chi connectivity index (χ0v) is 19.0. The van der Waals surface area contributed by atoms with E-state index in [0.717, 1.165) is 70.9 Å². The number of carbonyl (C=O) groups is 1. The minimum absolute atomic E-state index is 0.119. The van der Waals surface area contributed by atoms with Gasteiger partial charge in [-0.1, -0.05) is 30.3 Å². The van der Waals surface area contributed by atoms with Crippen LogP contribution in [0.15, 0.2) is 60.9 Å². The fourth-order valence-corrected chi connectivity index (χ4v) is 4.75. The molecule has 0 atom stereocenters. The number of hydrogen-bond donors (Lipinski definition) is 0. The molecular weight excluding hydrogens is 414 g/mol. The highest BCUT2D eigenvalue weighted by molar-refractivity contribution is 5.79. The Morgan fingerprint density at radius 3 is 2.24 bits per heavy atom. The monoisotopic (exact) mass is 445 g/mol. The first-order chi connectivity index (χ1) is 16.3. The standard InChI is InChI=1S/C25H31N7O/c33-25(31-19-17-29(18-20-31)14-9-21-5-2-1-3-6-21)22-10-15-30(16-11-22)23-7-8-24(28-27-23)32-13-4-12-26-32/h1-8,12-13,22H,9-11,14-20H2. The molecule has 8 heteroatoms. The molecule has 1 aromatic carbocycles. The molecule has 33 heavy (non-hydrogen) atoms. The molecule has 172 valence electrons. The topological polar surface area (TPSA) is 70.4 Å². The predicted octanol–water partition coefficient (Wildman–Crippen LogP) is 2.27. The summed E-state index contributed by atoms with van der Waals surface area (Å²) in [4.78, 5) is 19.9. The third-order valence-electron chi connectivity index (χ3n) is 6.79. The van der Waals surface area contributed by atoms with Crippen molar-refractivity contribution in [2.45, 2.75) is 19.3 Å². The SMILES string of the molecule is O=C(C1CCN(c2ccc(-n3cccn3)nn2)CC1)N1CCN(CCc2ccccc2)CC1. The Morgan fingerprint density at radius 2 is 1.58 bits per heavy atom. The van der Waals surface area contributed by atoms with E-state index in [2.05, 4.69) is 60.3 Å². The third-order valence-corrected chi connectivity index (χ3v) is 6.79. The Bertz CT molecular complexity index is 1010. The van der Waals surface area contributed by atoms with Crippen LogP contribution in [0.4, 0.5) is 5.82 Å². The first-order valence-electron chi connectivity index (χ1n) is 11.9. The average Bonchev–Trinajstić information content (AvgIpc) is 3.43. The van der Waals surface area contributed by atoms with E-state index in [4.69, 9.17) is 0 Å². The lowest BCUT2D eigenvalue weighted by Crippen LogP contribution is -2.52. The van der Waals surface area contributed by atoms with Crippen molar-refractivity contribution in [1.29, 1.82) is 0 Å². The maximum atomic E-state index is 13.1. The van der Waals surface area contributed by atoms with Crippen molar-refractivity contribution >= 4 is 11.7 Å². The van der Waals surface area contributed by atoms with Crippen LogP contribution < -0.4 is 4.90 Å². The predicted molar refractivity (Wildman–Crippen MR) is 127 cm³/mol. The summed E-state index contributed by atoms with van der Waals surface area (Å²) in [6.07, 6.45) is 6.39. The molecule has 4 heterocycles. The molecule has 0 saturated carbocycles. The Kier molecular flexibility index (Phi) is 6.62. The second-order valence-electron chi connectivity index (χ2n) is 8.86. The van der Waals surface area contributed by atoms with Gasteiger partial charge in [0.05, 0.1) is 0 Å². The van der Waals surface area contributed by atoms with E-state index in [-0.39, 0.29) is 5.92 Å². The Labute approximate surface area is 194 Å². The minimum Gasteiger partial charge on any atom is -0.355 e. The summed E-state index contributed by atoms with van der Waals surface area (Å²) in [6, 6.07) is 16.4. The third kappa shape index (κ3) is 5.22. The number of nitrogens with zero attached hydrogens (tertiary/aromatic N) is 7. The number of piperidine rings is 1. The molecule has 3 aromatic rings. The summed E-state index contributed by atoms with van der Waals surface area (Å²) >= 11 is 0. The fourth-order valence-electron chi connectivity index (χ4n) is 4.75. The van der Waals surface area contributed by atoms with Crippen molar-refractivity contribution in [3.8, 4) is 5.82 Å². The molecule has 0 aliphatic carbocycles. The summed E-state index contributed by atoms with van der Waals surface area (Å²) in [5.74, 6) is 2.02. The molecule has 2 aromatic heterocycles. The van der Waals surface area contributed by atoms with Crippen molar-refractivity contribution in [3.63, 3.8) is 0 Å². The van der Waals surface area contributed by atoms with Gasteiger partial charge in [0.15, 0.2) is 11.6 Å². The Morgan fingerprint density at radius 1 is 0.848 bits per heavy atom. The Balaban J connectivity index is 1.06. The van der Waals surface area contributed by atoms with E-state index in [9.17, 15) is 4.79 Å². The highest BCUT2D eigenvalue weighted by Gasteiger charge is 2.30. The lowest BCUT2D eigenvalue weighted by atomic mass is 9.95. The van der Waals surface area contributed by atoms with Gasteiger partial charge in [0.25, 0.3) is 0 Å². The van der Waals surface area contributed by atoms with E-state index in [1.807, 2.05) is 24.4 Å². The second-order valence-corrected chi connectivity index (χ2v) is 8.86. The quantitative estimate of drug-likeness (QED) is 0.580. The number of hydrogen-bond acceptors (Lipinski definition) is 6. The summed E-state index contributed by atoms with van der Waals surface area (Å²) in [5, 5.41) is 12.9. The molecule has 2 aliphatic rings. The number of rotatable bonds is 6. The van der Waals surface area contributed by atoms with Gasteiger partial charge >= 0.3 is 0 Å². The van der Waals surface area contributed by atoms with Crippen LogP contribution in [0.1, 0.15) is 18.4 Å². The summed E-state index contributed by atoms with van der Waals surface area (Å²) < 4.78 is 1.70. The van der Waals surface area contributed by atoms with Gasteiger partial charge in [-0.25, -0.2) is 4.68 Å². The lowest BCUT2D eigenvalue weighted by molar-refractivity contribution is -0.138. The summed E-state index contributed by atoms with van der Waals surface area (Å²) in [6.45, 7) is 6.35. The number of aromatic nitrogens is 4. The number of anilines is 1. The zero-order chi connectivity index (χ0) is 22.5. The lowest BCUT2D eigenvalue weighted by Gasteiger charge is -2.38. The van der Waals surface area contributed by atoms with E-state index in [1.165, 1.54) is 5.56 Å². The van der Waals surface area contributed by atoms with Crippen molar-refractivity contribution in [3.05, 3.63) is 66.5 Å². The molecular formula is C25H31N7O. The molecule has 1 amide bonds. The molecule has 2 saturated heterocycles. The van der Waals surface area contributed by atoms with Crippen LogP contribution in [0, 0.1) is 5.92 Å². The van der Waals surface area contributed by atoms with E-state index < -0.39 is 0 Å². The molecule has 5 rings (SSSR count). The van der Waals surface area contributed by atoms with Crippen LogP contribution >= 0.6 is 0 Å². The van der Waals surface area contributed by atoms with Crippen LogP contribution in [0.5, 0.6) is 0 Å². The van der Waals surface area contributed by atoms with Gasteiger partial charge in [0, 0.05) is 64.1 Å². The molecule has 0 radical (unpaired) electrons. The average molecular weight is 446 g/mol. The molecule has 2 fully saturated rings. The molecule has 0 bridgehead atoms. The van der Waals surface area contributed by atoms with Crippen molar-refractivity contribution in [2.75, 3.05) is 50.7 Å². The van der Waals surface area contributed by atoms with Gasteiger partial charge < -0.3 is 9.80 Å². The summed E-state index contributed by atoms with van der Waals surface area (Å²) in [5.41, 5.74) is 1.38. The van der Waals surface area contributed by atoms with E-state index in [1.54, 1.807) is 10.9 Å². The van der Waals surface area contributed by atoms with Crippen molar-refractivity contribution in [2.24, 2.45) is 5.92 Å². The van der Waals surface area contributed by atoms with Crippen molar-refractivity contribution < 1.29 is 4.79 Å². The van der Waals surface area contributed by atoms with Crippen LogP contribution in [-0.2, 0) is 11.2 Å². The second kappa shape index (κ2) is 10.1. The first kappa shape index (κ1) is 21.6. The fraction of sp³-hybridized carbons (Fsp3) is 0.440. The van der Waals surface area contributed by atoms with Gasteiger partial charge in [-0.3, -0.25) is 9.69 Å². The van der Waals surface area contributed by atoms with Crippen molar-refractivity contribution in [1.82, 2.24) is 29.8 Å². The summed E-state index contributed by atoms with van der Waals surface area (Å²) in [7, 11) is 0. The number of benzene rings is 1. The number of amides is 1. The van der Waals surface area contributed by atoms with Gasteiger partial charge in [-0.05, 0) is 43.0 Å². The zero-order valence-electron chi connectivity index (χ0n) is 19.0. The van der Waals surface area contributed by atoms with Gasteiger partial charge in [-0.15, -0.1) is 10.2 Å². The molecule has 0 spiro atoms. The van der Waals surface area contributed by atoms with E-state index >= 15 is 0 Å². The van der Waals surface area contributed by atoms with Crippen LogP contribution in [0.3, 0.4) is 0 Å². The molecule has 8 nitrogen and oxygen atoms in total. The highest BCUT2D eigenvalue weighted by atomic mass is 16.2. The maximum absolute atomic E-state index is 13.1. The Hall–Kier alpha value is -3.26. The highest BCUT2D eigenvalue weighted by Crippen LogP contribution is 2.24. The first-order valence-corrected chi connectivity index (χ1v) is 11.9. The molecule has 0 N–H and O–H groups in total. The molecule has 2 aliphatic heterocycles. The van der Waals surface area contributed by atoms with Gasteiger partial charge in [0.2, 0.25) is 5.91 Å². The number of piperazine rings is 1. The van der Waals surface area contributed by atoms with Gasteiger partial charge in [0.1, 0.15) is 0 Å². The largest absolute Gasteiger partial charge is 0.355 e.